The van der Waals surface area contributed by atoms with Crippen molar-refractivity contribution in [1.82, 2.24) is 0 Å². The average molecular weight is 246 g/mol. The van der Waals surface area contributed by atoms with Gasteiger partial charge in [0.05, 0.1) is 6.10 Å². The van der Waals surface area contributed by atoms with E-state index in [0.717, 1.165) is 23.8 Å². The van der Waals surface area contributed by atoms with Crippen LogP contribution in [0.25, 0.3) is 6.08 Å². The van der Waals surface area contributed by atoms with Gasteiger partial charge in [-0.25, -0.2) is 0 Å². The van der Waals surface area contributed by atoms with Crippen molar-refractivity contribution < 1.29 is 19.4 Å². The minimum atomic E-state index is -0.662. The van der Waals surface area contributed by atoms with Crippen molar-refractivity contribution in [2.24, 2.45) is 5.92 Å². The van der Waals surface area contributed by atoms with E-state index in [1.54, 1.807) is 0 Å². The van der Waals surface area contributed by atoms with Crippen LogP contribution in [0.1, 0.15) is 30.6 Å². The number of aldehydes is 1. The molecule has 0 spiro atoms. The summed E-state index contributed by atoms with van der Waals surface area (Å²) in [7, 11) is 0. The number of aliphatic hydroxyl groups excluding tert-OH is 1. The summed E-state index contributed by atoms with van der Waals surface area (Å²) >= 11 is 0. The first kappa shape index (κ1) is 11.3. The summed E-state index contributed by atoms with van der Waals surface area (Å²) in [5, 5.41) is 10.4. The monoisotopic (exact) mass is 246 g/mol. The number of rotatable bonds is 2. The Morgan fingerprint density at radius 1 is 1.39 bits per heavy atom. The van der Waals surface area contributed by atoms with Gasteiger partial charge >= 0.3 is 0 Å². The molecule has 0 bridgehead atoms. The topological polar surface area (TPSA) is 55.8 Å². The van der Waals surface area contributed by atoms with E-state index in [9.17, 15) is 9.90 Å². The zero-order valence-corrected chi connectivity index (χ0v) is 10.1. The molecule has 0 aromatic heterocycles. The van der Waals surface area contributed by atoms with Crippen molar-refractivity contribution >= 4 is 12.4 Å². The summed E-state index contributed by atoms with van der Waals surface area (Å²) in [5.41, 5.74) is 2.27. The molecule has 4 heteroatoms. The standard InChI is InChI=1S/C14H14O4/c1-2-10-9(6-15)3-8-4-12-13(18-7-17-12)5-11(8)14(10)16/h3-6,10,14,16H,2,7H2,1H3/t10-,14+/m0/s1. The number of hydrogen-bond donors (Lipinski definition) is 1. The van der Waals surface area contributed by atoms with Gasteiger partial charge < -0.3 is 14.6 Å². The molecule has 1 aromatic carbocycles. The summed E-state index contributed by atoms with van der Waals surface area (Å²) in [6, 6.07) is 3.62. The number of carbonyl (C=O) groups excluding carboxylic acids is 1. The van der Waals surface area contributed by atoms with E-state index in [2.05, 4.69) is 0 Å². The van der Waals surface area contributed by atoms with Crippen LogP contribution in [-0.2, 0) is 4.79 Å². The fourth-order valence-electron chi connectivity index (χ4n) is 2.62. The highest BCUT2D eigenvalue weighted by atomic mass is 16.7. The van der Waals surface area contributed by atoms with Gasteiger partial charge in [0.2, 0.25) is 6.79 Å². The highest BCUT2D eigenvalue weighted by Gasteiger charge is 2.31. The maximum Gasteiger partial charge on any atom is 0.231 e. The van der Waals surface area contributed by atoms with Crippen molar-refractivity contribution in [1.29, 1.82) is 0 Å². The van der Waals surface area contributed by atoms with E-state index in [1.165, 1.54) is 0 Å². The van der Waals surface area contributed by atoms with Crippen molar-refractivity contribution in [3.05, 3.63) is 28.8 Å². The van der Waals surface area contributed by atoms with E-state index < -0.39 is 6.10 Å². The molecule has 0 saturated carbocycles. The van der Waals surface area contributed by atoms with Crippen LogP contribution >= 0.6 is 0 Å². The molecule has 1 N–H and O–H groups in total. The maximum absolute atomic E-state index is 11.1. The van der Waals surface area contributed by atoms with Gasteiger partial charge in [-0.1, -0.05) is 6.92 Å². The lowest BCUT2D eigenvalue weighted by Crippen LogP contribution is -2.19. The normalized spacial score (nSPS) is 24.4. The van der Waals surface area contributed by atoms with Gasteiger partial charge in [0.25, 0.3) is 0 Å². The summed E-state index contributed by atoms with van der Waals surface area (Å²) in [6.07, 6.45) is 2.71. The van der Waals surface area contributed by atoms with Crippen LogP contribution < -0.4 is 9.47 Å². The first-order valence-electron chi connectivity index (χ1n) is 6.03. The number of hydrogen-bond acceptors (Lipinski definition) is 4. The Bertz CT molecular complexity index is 533. The number of carbonyl (C=O) groups is 1. The van der Waals surface area contributed by atoms with Gasteiger partial charge in [-0.15, -0.1) is 0 Å². The average Bonchev–Trinajstić information content (AvgIpc) is 2.83. The van der Waals surface area contributed by atoms with Crippen molar-refractivity contribution in [3.63, 3.8) is 0 Å². The number of benzene rings is 1. The van der Waals surface area contributed by atoms with Crippen molar-refractivity contribution in [2.45, 2.75) is 19.4 Å². The number of ether oxygens (including phenoxy) is 2. The Morgan fingerprint density at radius 3 is 2.78 bits per heavy atom. The Kier molecular flexibility index (Phi) is 2.59. The van der Waals surface area contributed by atoms with Crippen LogP contribution in [0.15, 0.2) is 17.7 Å². The Labute approximate surface area is 105 Å². The zero-order chi connectivity index (χ0) is 12.7. The van der Waals surface area contributed by atoms with Crippen molar-refractivity contribution in [2.75, 3.05) is 6.79 Å². The molecule has 0 amide bonds. The third kappa shape index (κ3) is 1.53. The third-order valence-corrected chi connectivity index (χ3v) is 3.60. The minimum Gasteiger partial charge on any atom is -0.454 e. The van der Waals surface area contributed by atoms with Gasteiger partial charge in [0.15, 0.2) is 11.5 Å². The smallest absolute Gasteiger partial charge is 0.231 e. The second-order valence-corrected chi connectivity index (χ2v) is 4.56. The molecule has 0 radical (unpaired) electrons. The van der Waals surface area contributed by atoms with E-state index in [0.29, 0.717) is 17.1 Å². The molecule has 2 aliphatic rings. The second kappa shape index (κ2) is 4.14. The van der Waals surface area contributed by atoms with Crippen LogP contribution in [0.4, 0.5) is 0 Å². The quantitative estimate of drug-likeness (QED) is 0.812. The Balaban J connectivity index is 2.14. The highest BCUT2D eigenvalue weighted by molar-refractivity contribution is 5.85. The van der Waals surface area contributed by atoms with Crippen LogP contribution in [-0.4, -0.2) is 18.2 Å². The third-order valence-electron chi connectivity index (χ3n) is 3.60. The lowest BCUT2D eigenvalue weighted by atomic mass is 9.80. The van der Waals surface area contributed by atoms with Gasteiger partial charge in [0.1, 0.15) is 6.29 Å². The minimum absolute atomic E-state index is 0.143. The molecule has 1 heterocycles. The molecule has 4 nitrogen and oxygen atoms in total. The molecule has 3 rings (SSSR count). The van der Waals surface area contributed by atoms with E-state index in [-0.39, 0.29) is 12.7 Å². The zero-order valence-electron chi connectivity index (χ0n) is 10.1. The molecule has 0 unspecified atom stereocenters. The second-order valence-electron chi connectivity index (χ2n) is 4.56. The van der Waals surface area contributed by atoms with Crippen LogP contribution in [0.2, 0.25) is 0 Å². The SMILES string of the molecule is CC[C@H]1C(C=O)=Cc2cc3c(cc2[C@@H]1O)OCO3. The molecular weight excluding hydrogens is 232 g/mol. The van der Waals surface area contributed by atoms with Gasteiger partial charge in [-0.2, -0.15) is 0 Å². The molecule has 1 aliphatic carbocycles. The van der Waals surface area contributed by atoms with Gasteiger partial charge in [-0.3, -0.25) is 4.79 Å². The van der Waals surface area contributed by atoms with E-state index >= 15 is 0 Å². The molecule has 1 aromatic rings. The van der Waals surface area contributed by atoms with Crippen LogP contribution in [0.5, 0.6) is 11.5 Å². The predicted octanol–water partition coefficient (Wildman–Crippen LogP) is 2.07. The molecule has 0 saturated heterocycles. The Hall–Kier alpha value is -1.81. The highest BCUT2D eigenvalue weighted by Crippen LogP contribution is 2.43. The molecule has 0 fully saturated rings. The molecule has 94 valence electrons. The van der Waals surface area contributed by atoms with Crippen LogP contribution in [0.3, 0.4) is 0 Å². The fourth-order valence-corrected chi connectivity index (χ4v) is 2.62. The van der Waals surface area contributed by atoms with E-state index in [4.69, 9.17) is 9.47 Å². The lowest BCUT2D eigenvalue weighted by Gasteiger charge is -2.28. The predicted molar refractivity (Wildman–Crippen MR) is 65.3 cm³/mol. The van der Waals surface area contributed by atoms with Crippen LogP contribution in [0, 0.1) is 5.92 Å². The summed E-state index contributed by atoms with van der Waals surface area (Å²) in [6.45, 7) is 2.17. The fraction of sp³-hybridized carbons (Fsp3) is 0.357. The number of fused-ring (bicyclic) bond motifs is 2. The summed E-state index contributed by atoms with van der Waals surface area (Å²) < 4.78 is 10.6. The maximum atomic E-state index is 11.1. The molecule has 2 atom stereocenters. The molecule has 1 aliphatic heterocycles. The lowest BCUT2D eigenvalue weighted by molar-refractivity contribution is -0.105. The molecular formula is C14H14O4. The van der Waals surface area contributed by atoms with Gasteiger partial charge in [0, 0.05) is 5.92 Å². The first-order chi connectivity index (χ1) is 8.74. The molecule has 18 heavy (non-hydrogen) atoms. The summed E-state index contributed by atoms with van der Waals surface area (Å²) in [5.74, 6) is 1.18. The van der Waals surface area contributed by atoms with Crippen molar-refractivity contribution in [3.8, 4) is 11.5 Å². The van der Waals surface area contributed by atoms with Gasteiger partial charge in [-0.05, 0) is 41.3 Å². The Morgan fingerprint density at radius 2 is 2.11 bits per heavy atom. The largest absolute Gasteiger partial charge is 0.454 e. The van der Waals surface area contributed by atoms with E-state index in [1.807, 2.05) is 25.1 Å². The summed E-state index contributed by atoms with van der Waals surface area (Å²) in [4.78, 5) is 11.1. The number of aliphatic hydroxyl groups is 1. The first-order valence-corrected chi connectivity index (χ1v) is 6.03.